The fourth-order valence-electron chi connectivity index (χ4n) is 1.79. The molecule has 0 aliphatic carbocycles. The maximum absolute atomic E-state index is 13.3. The summed E-state index contributed by atoms with van der Waals surface area (Å²) in [6.07, 6.45) is 5.82. The Morgan fingerprint density at radius 3 is 2.92 bits per heavy atom. The summed E-state index contributed by atoms with van der Waals surface area (Å²) in [4.78, 5) is 20.8. The number of hydrogen-bond acceptors (Lipinski definition) is 6. The lowest BCUT2D eigenvalue weighted by Gasteiger charge is -2.10. The van der Waals surface area contributed by atoms with Crippen molar-refractivity contribution in [3.05, 3.63) is 35.6 Å². The Kier molecular flexibility index (Phi) is 6.16. The topological polar surface area (TPSA) is 81.4 Å². The molecule has 0 bridgehead atoms. The van der Waals surface area contributed by atoms with Crippen LogP contribution in [0.25, 0.3) is 5.69 Å². The molecule has 10 heteroatoms. The standard InChI is InChI=1S/C14H15ClFN5O2S/c1-8(24-3)12(20-23-2)14(22)18-11-7-21(19-13(11)15)10-4-9(16)5-17-6-10/h4-8H,1-3H3,(H,18,22)/b20-12+. The second-order valence-corrected chi connectivity index (χ2v) is 6.17. The van der Waals surface area contributed by atoms with Gasteiger partial charge in [-0.2, -0.15) is 16.9 Å². The molecule has 0 aliphatic rings. The minimum absolute atomic E-state index is 0.0567. The lowest BCUT2D eigenvalue weighted by Crippen LogP contribution is -2.30. The summed E-state index contributed by atoms with van der Waals surface area (Å²) in [6, 6.07) is 1.25. The Labute approximate surface area is 147 Å². The summed E-state index contributed by atoms with van der Waals surface area (Å²) < 4.78 is 14.6. The minimum atomic E-state index is -0.506. The molecule has 1 amide bonds. The number of aromatic nitrogens is 3. The molecule has 0 saturated carbocycles. The molecule has 7 nitrogen and oxygen atoms in total. The van der Waals surface area contributed by atoms with Gasteiger partial charge in [0.2, 0.25) is 0 Å². The van der Waals surface area contributed by atoms with Gasteiger partial charge in [-0.1, -0.05) is 16.8 Å². The number of thioether (sulfide) groups is 1. The van der Waals surface area contributed by atoms with E-state index in [1.54, 1.807) is 0 Å². The van der Waals surface area contributed by atoms with Crippen LogP contribution in [0.3, 0.4) is 0 Å². The molecule has 0 saturated heterocycles. The van der Waals surface area contributed by atoms with Crippen molar-refractivity contribution >= 4 is 40.7 Å². The van der Waals surface area contributed by atoms with Crippen LogP contribution in [0.15, 0.2) is 29.8 Å². The number of amides is 1. The van der Waals surface area contributed by atoms with Gasteiger partial charge in [0.05, 0.1) is 35.2 Å². The molecule has 2 aromatic heterocycles. The fraction of sp³-hybridized carbons (Fsp3) is 0.286. The average molecular weight is 372 g/mol. The van der Waals surface area contributed by atoms with Crippen LogP contribution in [-0.4, -0.2) is 45.0 Å². The Balaban J connectivity index is 2.24. The normalized spacial score (nSPS) is 12.8. The van der Waals surface area contributed by atoms with Crippen LogP contribution < -0.4 is 5.32 Å². The second kappa shape index (κ2) is 8.11. The number of hydrogen-bond donors (Lipinski definition) is 1. The third-order valence-electron chi connectivity index (χ3n) is 3.03. The first-order chi connectivity index (χ1) is 11.5. The number of carbonyl (C=O) groups excluding carboxylic acids is 1. The van der Waals surface area contributed by atoms with Gasteiger partial charge in [0.15, 0.2) is 10.9 Å². The van der Waals surface area contributed by atoms with Crippen molar-refractivity contribution in [2.45, 2.75) is 12.2 Å². The molecule has 0 fully saturated rings. The molecule has 1 N–H and O–H groups in total. The number of anilines is 1. The summed E-state index contributed by atoms with van der Waals surface area (Å²) in [5.41, 5.74) is 0.852. The van der Waals surface area contributed by atoms with E-state index < -0.39 is 11.7 Å². The molecule has 1 unspecified atom stereocenters. The van der Waals surface area contributed by atoms with E-state index in [-0.39, 0.29) is 21.8 Å². The van der Waals surface area contributed by atoms with Crippen LogP contribution in [0.5, 0.6) is 0 Å². The number of pyridine rings is 1. The van der Waals surface area contributed by atoms with Crippen LogP contribution in [0, 0.1) is 5.82 Å². The van der Waals surface area contributed by atoms with Crippen molar-refractivity contribution in [1.82, 2.24) is 14.8 Å². The van der Waals surface area contributed by atoms with Crippen molar-refractivity contribution in [3.63, 3.8) is 0 Å². The van der Waals surface area contributed by atoms with Crippen LogP contribution in [0.1, 0.15) is 6.92 Å². The van der Waals surface area contributed by atoms with Gasteiger partial charge >= 0.3 is 0 Å². The van der Waals surface area contributed by atoms with Gasteiger partial charge in [-0.3, -0.25) is 9.78 Å². The number of rotatable bonds is 6. The number of halogens is 2. The Hall–Kier alpha value is -2.13. The molecule has 128 valence electrons. The number of nitrogens with one attached hydrogen (secondary N) is 1. The Morgan fingerprint density at radius 2 is 2.29 bits per heavy atom. The molecule has 0 aromatic carbocycles. The molecule has 24 heavy (non-hydrogen) atoms. The molecule has 2 heterocycles. The van der Waals surface area contributed by atoms with Crippen molar-refractivity contribution in [3.8, 4) is 5.69 Å². The van der Waals surface area contributed by atoms with E-state index in [0.29, 0.717) is 5.69 Å². The van der Waals surface area contributed by atoms with E-state index in [0.717, 1.165) is 6.20 Å². The highest BCUT2D eigenvalue weighted by atomic mass is 35.5. The molecule has 1 atom stereocenters. The predicted octanol–water partition coefficient (Wildman–Crippen LogP) is 2.75. The summed E-state index contributed by atoms with van der Waals surface area (Å²) >= 11 is 7.48. The van der Waals surface area contributed by atoms with Gasteiger partial charge in [0, 0.05) is 6.07 Å². The summed E-state index contributed by atoms with van der Waals surface area (Å²) in [5, 5.41) is 10.3. The van der Waals surface area contributed by atoms with Crippen LogP contribution in [0.4, 0.5) is 10.1 Å². The maximum Gasteiger partial charge on any atom is 0.274 e. The number of oxime groups is 1. The quantitative estimate of drug-likeness (QED) is 0.623. The lowest BCUT2D eigenvalue weighted by molar-refractivity contribution is -0.110. The SMILES string of the molecule is CO/N=C(/C(=O)Nc1cn(-c2cncc(F)c2)nc1Cl)C(C)SC. The highest BCUT2D eigenvalue weighted by Gasteiger charge is 2.21. The van der Waals surface area contributed by atoms with Crippen LogP contribution in [0.2, 0.25) is 5.15 Å². The Bertz CT molecular complexity index is 767. The molecule has 2 rings (SSSR count). The van der Waals surface area contributed by atoms with E-state index in [9.17, 15) is 9.18 Å². The zero-order valence-corrected chi connectivity index (χ0v) is 14.7. The average Bonchev–Trinajstić information content (AvgIpc) is 2.92. The number of carbonyl (C=O) groups is 1. The first-order valence-corrected chi connectivity index (χ1v) is 8.44. The van der Waals surface area contributed by atoms with Crippen molar-refractivity contribution < 1.29 is 14.0 Å². The number of nitrogens with zero attached hydrogens (tertiary/aromatic N) is 4. The second-order valence-electron chi connectivity index (χ2n) is 4.63. The monoisotopic (exact) mass is 371 g/mol. The molecule has 0 spiro atoms. The molecular weight excluding hydrogens is 357 g/mol. The van der Waals surface area contributed by atoms with Gasteiger partial charge in [-0.15, -0.1) is 0 Å². The summed E-state index contributed by atoms with van der Waals surface area (Å²) in [7, 11) is 1.36. The van der Waals surface area contributed by atoms with Crippen molar-refractivity contribution in [2.75, 3.05) is 18.7 Å². The first-order valence-electron chi connectivity index (χ1n) is 6.77. The van der Waals surface area contributed by atoms with Crippen LogP contribution >= 0.6 is 23.4 Å². The predicted molar refractivity (Wildman–Crippen MR) is 92.4 cm³/mol. The lowest BCUT2D eigenvalue weighted by atomic mass is 10.2. The molecule has 2 aromatic rings. The van der Waals surface area contributed by atoms with Gasteiger partial charge in [-0.25, -0.2) is 9.07 Å². The third-order valence-corrected chi connectivity index (χ3v) is 4.24. The summed E-state index contributed by atoms with van der Waals surface area (Å²) in [6.45, 7) is 1.82. The van der Waals surface area contributed by atoms with Gasteiger partial charge in [0.25, 0.3) is 5.91 Å². The van der Waals surface area contributed by atoms with E-state index in [1.165, 1.54) is 42.0 Å². The van der Waals surface area contributed by atoms with E-state index in [2.05, 4.69) is 20.6 Å². The third kappa shape index (κ3) is 4.24. The Morgan fingerprint density at radius 1 is 1.54 bits per heavy atom. The van der Waals surface area contributed by atoms with Gasteiger partial charge < -0.3 is 10.2 Å². The maximum atomic E-state index is 13.3. The van der Waals surface area contributed by atoms with Crippen LogP contribution in [-0.2, 0) is 9.63 Å². The smallest absolute Gasteiger partial charge is 0.274 e. The van der Waals surface area contributed by atoms with E-state index in [4.69, 9.17) is 16.4 Å². The van der Waals surface area contributed by atoms with Crippen molar-refractivity contribution in [1.29, 1.82) is 0 Å². The molecular formula is C14H15ClFN5O2S. The van der Waals surface area contributed by atoms with Gasteiger partial charge in [0.1, 0.15) is 12.9 Å². The zero-order chi connectivity index (χ0) is 17.7. The van der Waals surface area contributed by atoms with E-state index >= 15 is 0 Å². The zero-order valence-electron chi connectivity index (χ0n) is 13.2. The highest BCUT2D eigenvalue weighted by molar-refractivity contribution is 8.00. The molecule has 0 radical (unpaired) electrons. The minimum Gasteiger partial charge on any atom is -0.399 e. The fourth-order valence-corrected chi connectivity index (χ4v) is 2.34. The summed E-state index contributed by atoms with van der Waals surface area (Å²) in [5.74, 6) is -0.967. The van der Waals surface area contributed by atoms with E-state index in [1.807, 2.05) is 13.2 Å². The highest BCUT2D eigenvalue weighted by Crippen LogP contribution is 2.22. The van der Waals surface area contributed by atoms with Crippen molar-refractivity contribution in [2.24, 2.45) is 5.16 Å². The van der Waals surface area contributed by atoms with Gasteiger partial charge in [-0.05, 0) is 13.2 Å². The largest absolute Gasteiger partial charge is 0.399 e. The molecule has 0 aliphatic heterocycles. The first kappa shape index (κ1) is 18.2.